The second kappa shape index (κ2) is 7.69. The lowest BCUT2D eigenvalue weighted by molar-refractivity contribution is 0.416. The largest absolute Gasteiger partial charge is 0.496 e. The number of fused-ring (bicyclic) bond motifs is 1. The Morgan fingerprint density at radius 3 is 2.89 bits per heavy atom. The zero-order valence-corrected chi connectivity index (χ0v) is 15.3. The molecule has 0 bridgehead atoms. The van der Waals surface area contributed by atoms with E-state index < -0.39 is 0 Å². The summed E-state index contributed by atoms with van der Waals surface area (Å²) in [5.74, 6) is 0.671. The van der Waals surface area contributed by atoms with Gasteiger partial charge in [-0.25, -0.2) is 4.99 Å². The molecule has 3 aromatic heterocycles. The molecule has 0 saturated carbocycles. The van der Waals surface area contributed by atoms with Crippen LogP contribution < -0.4 is 10.5 Å². The predicted molar refractivity (Wildman–Crippen MR) is 106 cm³/mol. The van der Waals surface area contributed by atoms with Gasteiger partial charge in [0.25, 0.3) is 0 Å². The van der Waals surface area contributed by atoms with Gasteiger partial charge in [-0.15, -0.1) is 0 Å². The van der Waals surface area contributed by atoms with Crippen LogP contribution in [0.5, 0.6) is 11.6 Å². The minimum atomic E-state index is 0.00756. The third-order valence-corrected chi connectivity index (χ3v) is 4.03. The molecule has 4 N–H and O–H groups in total. The van der Waals surface area contributed by atoms with Crippen LogP contribution in [0.1, 0.15) is 12.5 Å². The number of ether oxygens (including phenoxy) is 1. The molecule has 0 saturated heterocycles. The summed E-state index contributed by atoms with van der Waals surface area (Å²) in [6.45, 7) is 1.79. The van der Waals surface area contributed by atoms with Crippen LogP contribution in [0.3, 0.4) is 0 Å². The minimum Gasteiger partial charge on any atom is -0.496 e. The summed E-state index contributed by atoms with van der Waals surface area (Å²) in [4.78, 5) is 19.9. The van der Waals surface area contributed by atoms with Crippen LogP contribution in [0.4, 0.5) is 0 Å². The second-order valence-corrected chi connectivity index (χ2v) is 5.72. The van der Waals surface area contributed by atoms with Gasteiger partial charge >= 0.3 is 0 Å². The van der Waals surface area contributed by atoms with E-state index in [4.69, 9.17) is 10.5 Å². The number of allylic oxidation sites excluding steroid dienone is 1. The summed E-state index contributed by atoms with van der Waals surface area (Å²) in [6.07, 6.45) is 7.90. The zero-order chi connectivity index (χ0) is 19.4. The van der Waals surface area contributed by atoms with Gasteiger partial charge in [0.05, 0.1) is 47.1 Å². The van der Waals surface area contributed by atoms with Crippen molar-refractivity contribution in [2.45, 2.75) is 6.92 Å². The van der Waals surface area contributed by atoms with E-state index in [0.717, 1.165) is 10.9 Å². The highest BCUT2D eigenvalue weighted by Gasteiger charge is 2.16. The number of pyridine rings is 2. The van der Waals surface area contributed by atoms with Crippen LogP contribution >= 0.6 is 0 Å². The fourth-order valence-electron chi connectivity index (χ4n) is 2.84. The van der Waals surface area contributed by atoms with Crippen LogP contribution in [0, 0.1) is 0 Å². The first kappa shape index (κ1) is 18.1. The molecule has 0 radical (unpaired) electrons. The zero-order valence-electron chi connectivity index (χ0n) is 15.3. The fourth-order valence-corrected chi connectivity index (χ4v) is 2.84. The van der Waals surface area contributed by atoms with E-state index in [0.29, 0.717) is 33.9 Å². The highest BCUT2D eigenvalue weighted by Crippen LogP contribution is 2.33. The number of nitrogens with zero attached hydrogens (tertiary/aromatic N) is 4. The van der Waals surface area contributed by atoms with Crippen molar-refractivity contribution in [3.63, 3.8) is 0 Å². The topological polar surface area (TPSA) is 122 Å². The molecule has 0 aliphatic carbocycles. The van der Waals surface area contributed by atoms with Crippen LogP contribution in [-0.4, -0.2) is 46.1 Å². The molecular formula is C19H20N6O2. The minimum absolute atomic E-state index is 0.00756. The van der Waals surface area contributed by atoms with Gasteiger partial charge in [0.15, 0.2) is 5.88 Å². The summed E-state index contributed by atoms with van der Waals surface area (Å²) >= 11 is 0. The molecule has 3 rings (SSSR count). The maximum absolute atomic E-state index is 10.4. The van der Waals surface area contributed by atoms with Crippen molar-refractivity contribution in [1.29, 1.82) is 0 Å². The van der Waals surface area contributed by atoms with Crippen molar-refractivity contribution < 1.29 is 9.84 Å². The first-order valence-electron chi connectivity index (χ1n) is 8.17. The number of aromatic hydroxyl groups is 1. The molecule has 0 aliphatic heterocycles. The van der Waals surface area contributed by atoms with Crippen molar-refractivity contribution in [3.05, 3.63) is 48.2 Å². The highest BCUT2D eigenvalue weighted by molar-refractivity contribution is 6.13. The summed E-state index contributed by atoms with van der Waals surface area (Å²) in [5, 5.41) is 11.2. The Morgan fingerprint density at radius 2 is 2.19 bits per heavy atom. The van der Waals surface area contributed by atoms with Crippen LogP contribution in [0.15, 0.2) is 52.6 Å². The summed E-state index contributed by atoms with van der Waals surface area (Å²) < 4.78 is 5.39. The number of hydrogen-bond donors (Lipinski definition) is 3. The number of aromatic nitrogens is 3. The first-order chi connectivity index (χ1) is 13.1. The van der Waals surface area contributed by atoms with Crippen molar-refractivity contribution in [3.8, 4) is 22.9 Å². The van der Waals surface area contributed by atoms with Gasteiger partial charge in [0, 0.05) is 37.2 Å². The van der Waals surface area contributed by atoms with Crippen LogP contribution in [0.25, 0.3) is 22.2 Å². The molecule has 27 heavy (non-hydrogen) atoms. The average Bonchev–Trinajstić information content (AvgIpc) is 3.02. The van der Waals surface area contributed by atoms with E-state index in [1.165, 1.54) is 6.20 Å². The van der Waals surface area contributed by atoms with Crippen molar-refractivity contribution in [2.75, 3.05) is 14.2 Å². The van der Waals surface area contributed by atoms with Crippen molar-refractivity contribution in [2.24, 2.45) is 15.7 Å². The number of rotatable bonds is 5. The predicted octanol–water partition coefficient (Wildman–Crippen LogP) is 2.65. The molecule has 0 aliphatic rings. The SMILES string of the molecule is CN=CC(=CN)N=C(C)c1c(O)[nH]c2cnc(-c3cnccc3OC)cc12. The summed E-state index contributed by atoms with van der Waals surface area (Å²) in [6, 6.07) is 3.63. The maximum atomic E-state index is 10.4. The van der Waals surface area contributed by atoms with Gasteiger partial charge in [-0.3, -0.25) is 15.0 Å². The van der Waals surface area contributed by atoms with E-state index in [-0.39, 0.29) is 5.88 Å². The van der Waals surface area contributed by atoms with Crippen LogP contribution in [-0.2, 0) is 0 Å². The maximum Gasteiger partial charge on any atom is 0.198 e. The van der Waals surface area contributed by atoms with E-state index in [2.05, 4.69) is 24.9 Å². The molecule has 3 aromatic rings. The van der Waals surface area contributed by atoms with E-state index in [1.807, 2.05) is 6.07 Å². The van der Waals surface area contributed by atoms with Crippen LogP contribution in [0.2, 0.25) is 0 Å². The Balaban J connectivity index is 2.17. The normalized spacial score (nSPS) is 12.9. The Kier molecular flexibility index (Phi) is 5.16. The van der Waals surface area contributed by atoms with Crippen molar-refractivity contribution in [1.82, 2.24) is 15.0 Å². The monoisotopic (exact) mass is 364 g/mol. The Morgan fingerprint density at radius 1 is 1.37 bits per heavy atom. The quantitative estimate of drug-likeness (QED) is 0.601. The smallest absolute Gasteiger partial charge is 0.198 e. The van der Waals surface area contributed by atoms with Gasteiger partial charge in [0.2, 0.25) is 0 Å². The van der Waals surface area contributed by atoms with E-state index >= 15 is 0 Å². The Bertz CT molecular complexity index is 1070. The molecular weight excluding hydrogens is 344 g/mol. The number of aliphatic imine (C=N–C) groups is 2. The lowest BCUT2D eigenvalue weighted by Gasteiger charge is -2.07. The van der Waals surface area contributed by atoms with Gasteiger partial charge in [-0.1, -0.05) is 0 Å². The fraction of sp³-hybridized carbons (Fsp3) is 0.158. The number of aromatic amines is 1. The molecule has 0 fully saturated rings. The Labute approximate surface area is 156 Å². The average molecular weight is 364 g/mol. The number of H-pyrrole nitrogens is 1. The lowest BCUT2D eigenvalue weighted by Crippen LogP contribution is -1.98. The molecule has 0 unspecified atom stereocenters. The van der Waals surface area contributed by atoms with E-state index in [9.17, 15) is 5.11 Å². The summed E-state index contributed by atoms with van der Waals surface area (Å²) in [5.41, 5.74) is 9.34. The van der Waals surface area contributed by atoms with Gasteiger partial charge in [0.1, 0.15) is 5.75 Å². The molecule has 0 amide bonds. The number of nitrogens with two attached hydrogens (primary N) is 1. The third kappa shape index (κ3) is 3.50. The van der Waals surface area contributed by atoms with E-state index in [1.54, 1.807) is 52.0 Å². The molecule has 8 heteroatoms. The Hall–Kier alpha value is -3.68. The van der Waals surface area contributed by atoms with Gasteiger partial charge in [-0.05, 0) is 19.1 Å². The van der Waals surface area contributed by atoms with Gasteiger partial charge < -0.3 is 20.6 Å². The first-order valence-corrected chi connectivity index (χ1v) is 8.17. The summed E-state index contributed by atoms with van der Waals surface area (Å²) in [7, 11) is 3.23. The second-order valence-electron chi connectivity index (χ2n) is 5.72. The number of nitrogens with one attached hydrogen (secondary N) is 1. The molecule has 0 atom stereocenters. The van der Waals surface area contributed by atoms with Crippen molar-refractivity contribution >= 4 is 22.8 Å². The molecule has 0 spiro atoms. The number of methoxy groups -OCH3 is 1. The highest BCUT2D eigenvalue weighted by atomic mass is 16.5. The third-order valence-electron chi connectivity index (χ3n) is 4.03. The molecule has 0 aromatic carbocycles. The molecule has 8 nitrogen and oxygen atoms in total. The standard InChI is InChI=1S/C19H20N6O2/c1-11(24-12(7-20)8-21-2)18-13-6-15(23-10-16(13)25-19(18)26)14-9-22-5-4-17(14)27-3/h4-10,25-26H,20H2,1-3H3. The number of hydrogen-bond acceptors (Lipinski definition) is 7. The lowest BCUT2D eigenvalue weighted by atomic mass is 10.1. The molecule has 3 heterocycles. The van der Waals surface area contributed by atoms with Gasteiger partial charge in [-0.2, -0.15) is 0 Å². The molecule has 138 valence electrons.